The second-order valence-electron chi connectivity index (χ2n) is 5.42. The van der Waals surface area contributed by atoms with Crippen molar-refractivity contribution in [3.05, 3.63) is 52.7 Å². The molecule has 1 atom stereocenters. The Morgan fingerprint density at radius 2 is 2.05 bits per heavy atom. The molecule has 2 aliphatic rings. The molecule has 0 radical (unpaired) electrons. The fourth-order valence-electron chi connectivity index (χ4n) is 2.77. The van der Waals surface area contributed by atoms with Gasteiger partial charge in [0.15, 0.2) is 0 Å². The van der Waals surface area contributed by atoms with E-state index in [4.69, 9.17) is 0 Å². The quantitative estimate of drug-likeness (QED) is 0.859. The summed E-state index contributed by atoms with van der Waals surface area (Å²) in [6.45, 7) is 0.817. The summed E-state index contributed by atoms with van der Waals surface area (Å²) in [5.74, 6) is 0. The number of hydrogen-bond acceptors (Lipinski definition) is 2. The van der Waals surface area contributed by atoms with Crippen molar-refractivity contribution in [2.75, 3.05) is 0 Å². The van der Waals surface area contributed by atoms with E-state index >= 15 is 0 Å². The van der Waals surface area contributed by atoms with Gasteiger partial charge in [-0.1, -0.05) is 18.2 Å². The zero-order chi connectivity index (χ0) is 12.8. The van der Waals surface area contributed by atoms with Gasteiger partial charge in [-0.05, 0) is 30.9 Å². The van der Waals surface area contributed by atoms with Crippen molar-refractivity contribution >= 4 is 11.8 Å². The van der Waals surface area contributed by atoms with Crippen LogP contribution in [0.4, 0.5) is 0 Å². The van der Waals surface area contributed by atoms with Crippen LogP contribution in [0.15, 0.2) is 46.3 Å². The van der Waals surface area contributed by atoms with Crippen molar-refractivity contribution < 1.29 is 0 Å². The van der Waals surface area contributed by atoms with Crippen LogP contribution in [0, 0.1) is 0 Å². The van der Waals surface area contributed by atoms with Crippen LogP contribution in [0.1, 0.15) is 24.4 Å². The number of nitrogens with zero attached hydrogens (tertiary/aromatic N) is 2. The molecule has 4 heteroatoms. The highest BCUT2D eigenvalue weighted by molar-refractivity contribution is 8.00. The highest BCUT2D eigenvalue weighted by atomic mass is 32.2. The van der Waals surface area contributed by atoms with E-state index in [2.05, 4.69) is 24.3 Å². The number of rotatable bonds is 3. The van der Waals surface area contributed by atoms with Crippen LogP contribution < -0.4 is 5.69 Å². The standard InChI is InChI=1S/C15H16N2OS/c18-15-16(7-8-17(15)12-5-6-12)10-13-9-11-3-1-2-4-14(11)19-13/h1-4,7-8,12-13H,5-6,9-10H2. The van der Waals surface area contributed by atoms with E-state index < -0.39 is 0 Å². The molecule has 0 N–H and O–H groups in total. The van der Waals surface area contributed by atoms with Crippen molar-refractivity contribution in [3.63, 3.8) is 0 Å². The number of aromatic nitrogens is 2. The van der Waals surface area contributed by atoms with Crippen molar-refractivity contribution in [1.29, 1.82) is 0 Å². The lowest BCUT2D eigenvalue weighted by molar-refractivity contribution is 0.605. The summed E-state index contributed by atoms with van der Waals surface area (Å²) >= 11 is 1.90. The zero-order valence-electron chi connectivity index (χ0n) is 10.7. The van der Waals surface area contributed by atoms with Gasteiger partial charge < -0.3 is 0 Å². The molecule has 0 spiro atoms. The Bertz CT molecular complexity index is 644. The van der Waals surface area contributed by atoms with Crippen molar-refractivity contribution in [1.82, 2.24) is 9.13 Å². The van der Waals surface area contributed by atoms with Gasteiger partial charge in [-0.25, -0.2) is 4.79 Å². The largest absolute Gasteiger partial charge is 0.328 e. The maximum Gasteiger partial charge on any atom is 0.328 e. The normalized spacial score (nSPS) is 21.6. The summed E-state index contributed by atoms with van der Waals surface area (Å²) in [5, 5.41) is 0.491. The van der Waals surface area contributed by atoms with Crippen LogP contribution in [0.2, 0.25) is 0 Å². The molecule has 19 heavy (non-hydrogen) atoms. The predicted octanol–water partition coefficient (Wildman–Crippen LogP) is 2.70. The Balaban J connectivity index is 1.53. The average Bonchev–Trinajstić information content (AvgIpc) is 3.07. The van der Waals surface area contributed by atoms with Crippen LogP contribution in [0.5, 0.6) is 0 Å². The minimum Gasteiger partial charge on any atom is -0.298 e. The molecule has 3 nitrogen and oxygen atoms in total. The van der Waals surface area contributed by atoms with E-state index in [1.54, 1.807) is 0 Å². The molecule has 2 heterocycles. The van der Waals surface area contributed by atoms with Gasteiger partial charge in [0.1, 0.15) is 0 Å². The molecule has 2 aromatic rings. The summed E-state index contributed by atoms with van der Waals surface area (Å²) in [7, 11) is 0. The van der Waals surface area contributed by atoms with Crippen LogP contribution in [-0.4, -0.2) is 14.4 Å². The Morgan fingerprint density at radius 1 is 1.21 bits per heavy atom. The first kappa shape index (κ1) is 11.4. The topological polar surface area (TPSA) is 26.9 Å². The van der Waals surface area contributed by atoms with E-state index in [0.717, 1.165) is 25.8 Å². The molecule has 0 amide bonds. The molecule has 1 aromatic carbocycles. The molecule has 1 aromatic heterocycles. The Labute approximate surface area is 116 Å². The molecule has 1 aliphatic carbocycles. The van der Waals surface area contributed by atoms with Gasteiger partial charge in [0.2, 0.25) is 0 Å². The maximum absolute atomic E-state index is 12.2. The summed E-state index contributed by atoms with van der Waals surface area (Å²) in [6.07, 6.45) is 7.29. The minimum absolute atomic E-state index is 0.166. The van der Waals surface area contributed by atoms with Crippen LogP contribution in [0.3, 0.4) is 0 Å². The molecule has 0 bridgehead atoms. The van der Waals surface area contributed by atoms with E-state index in [1.165, 1.54) is 10.5 Å². The SMILES string of the molecule is O=c1n(CC2Cc3ccccc3S2)ccn1C1CC1. The van der Waals surface area contributed by atoms with E-state index in [-0.39, 0.29) is 5.69 Å². The van der Waals surface area contributed by atoms with Gasteiger partial charge in [0, 0.05) is 35.1 Å². The zero-order valence-corrected chi connectivity index (χ0v) is 11.5. The summed E-state index contributed by atoms with van der Waals surface area (Å²) in [5.41, 5.74) is 1.59. The third kappa shape index (κ3) is 2.04. The van der Waals surface area contributed by atoms with Gasteiger partial charge >= 0.3 is 5.69 Å². The average molecular weight is 272 g/mol. The Kier molecular flexibility index (Phi) is 2.58. The number of benzene rings is 1. The monoisotopic (exact) mass is 272 g/mol. The smallest absolute Gasteiger partial charge is 0.298 e. The van der Waals surface area contributed by atoms with Gasteiger partial charge in [0.05, 0.1) is 0 Å². The summed E-state index contributed by atoms with van der Waals surface area (Å²) in [4.78, 5) is 13.6. The second kappa shape index (κ2) is 4.30. The molecule has 1 saturated carbocycles. The number of fused-ring (bicyclic) bond motifs is 1. The molecule has 1 unspecified atom stereocenters. The van der Waals surface area contributed by atoms with Gasteiger partial charge in [-0.2, -0.15) is 0 Å². The van der Waals surface area contributed by atoms with Gasteiger partial charge in [-0.15, -0.1) is 11.8 Å². The van der Waals surface area contributed by atoms with E-state index in [0.29, 0.717) is 11.3 Å². The fourth-order valence-corrected chi connectivity index (χ4v) is 4.09. The fraction of sp³-hybridized carbons (Fsp3) is 0.400. The molecule has 4 rings (SSSR count). The Hall–Kier alpha value is -1.42. The van der Waals surface area contributed by atoms with Crippen LogP contribution in [-0.2, 0) is 13.0 Å². The first-order chi connectivity index (χ1) is 9.31. The third-order valence-corrected chi connectivity index (χ3v) is 5.23. The molecule has 98 valence electrons. The van der Waals surface area contributed by atoms with Crippen molar-refractivity contribution in [3.8, 4) is 0 Å². The van der Waals surface area contributed by atoms with Crippen molar-refractivity contribution in [2.45, 2.75) is 42.0 Å². The highest BCUT2D eigenvalue weighted by Gasteiger charge is 2.27. The lowest BCUT2D eigenvalue weighted by atomic mass is 10.1. The summed E-state index contributed by atoms with van der Waals surface area (Å²) < 4.78 is 3.77. The first-order valence-electron chi connectivity index (χ1n) is 6.83. The number of hydrogen-bond donors (Lipinski definition) is 0. The van der Waals surface area contributed by atoms with E-state index in [9.17, 15) is 4.79 Å². The highest BCUT2D eigenvalue weighted by Crippen LogP contribution is 2.37. The van der Waals surface area contributed by atoms with Crippen LogP contribution >= 0.6 is 11.8 Å². The predicted molar refractivity (Wildman–Crippen MR) is 76.8 cm³/mol. The molecular formula is C15H16N2OS. The molecule has 0 saturated heterocycles. The second-order valence-corrected chi connectivity index (χ2v) is 6.77. The van der Waals surface area contributed by atoms with Gasteiger partial charge in [0.25, 0.3) is 0 Å². The molecule has 1 aliphatic heterocycles. The molecule has 1 fully saturated rings. The number of imidazole rings is 1. The summed E-state index contributed by atoms with van der Waals surface area (Å²) in [6, 6.07) is 9.03. The molecular weight excluding hydrogens is 256 g/mol. The van der Waals surface area contributed by atoms with E-state index in [1.807, 2.05) is 33.3 Å². The third-order valence-electron chi connectivity index (χ3n) is 3.93. The van der Waals surface area contributed by atoms with Crippen LogP contribution in [0.25, 0.3) is 0 Å². The number of thioether (sulfide) groups is 1. The maximum atomic E-state index is 12.2. The van der Waals surface area contributed by atoms with Crippen molar-refractivity contribution in [2.24, 2.45) is 0 Å². The van der Waals surface area contributed by atoms with Gasteiger partial charge in [-0.3, -0.25) is 9.13 Å². The lowest BCUT2D eigenvalue weighted by Gasteiger charge is -2.08. The minimum atomic E-state index is 0.166. The Morgan fingerprint density at radius 3 is 2.84 bits per heavy atom. The lowest BCUT2D eigenvalue weighted by Crippen LogP contribution is -2.27. The first-order valence-corrected chi connectivity index (χ1v) is 7.71.